The molecule has 3 nitrogen and oxygen atoms in total. The van der Waals surface area contributed by atoms with E-state index < -0.39 is 11.9 Å². The van der Waals surface area contributed by atoms with Gasteiger partial charge in [-0.25, -0.2) is 4.98 Å². The number of pyridine rings is 1. The van der Waals surface area contributed by atoms with E-state index in [-0.39, 0.29) is 16.4 Å². The van der Waals surface area contributed by atoms with Crippen molar-refractivity contribution < 1.29 is 13.2 Å². The standard InChI is InChI=1S/C13H6Cl2F3N3/c14-9-3-2-8(5-10(9)15)20-12-7(6-19)1-4-11(21-12)13(16,17)18/h1-5H,(H,20,21). The predicted octanol–water partition coefficient (Wildman–Crippen LogP) is 5.02. The van der Waals surface area contributed by atoms with Gasteiger partial charge in [-0.2, -0.15) is 18.4 Å². The number of rotatable bonds is 2. The molecule has 0 aliphatic carbocycles. The summed E-state index contributed by atoms with van der Waals surface area (Å²) >= 11 is 11.6. The van der Waals surface area contributed by atoms with Gasteiger partial charge in [0.2, 0.25) is 0 Å². The Hall–Kier alpha value is -1.97. The fourth-order valence-corrected chi connectivity index (χ4v) is 1.81. The van der Waals surface area contributed by atoms with Crippen LogP contribution in [0.25, 0.3) is 0 Å². The van der Waals surface area contributed by atoms with Crippen molar-refractivity contribution >= 4 is 34.7 Å². The first-order valence-electron chi connectivity index (χ1n) is 5.51. The van der Waals surface area contributed by atoms with Gasteiger partial charge in [0.1, 0.15) is 17.6 Å². The summed E-state index contributed by atoms with van der Waals surface area (Å²) in [7, 11) is 0. The van der Waals surface area contributed by atoms with E-state index in [9.17, 15) is 13.2 Å². The third kappa shape index (κ3) is 3.57. The average molecular weight is 332 g/mol. The fourth-order valence-electron chi connectivity index (χ4n) is 1.51. The van der Waals surface area contributed by atoms with E-state index in [0.717, 1.165) is 12.1 Å². The van der Waals surface area contributed by atoms with Gasteiger partial charge in [-0.3, -0.25) is 0 Å². The number of nitrogens with one attached hydrogen (secondary N) is 1. The van der Waals surface area contributed by atoms with E-state index in [1.54, 1.807) is 6.07 Å². The molecule has 0 bridgehead atoms. The van der Waals surface area contributed by atoms with Crippen LogP contribution in [0.15, 0.2) is 30.3 Å². The monoisotopic (exact) mass is 331 g/mol. The minimum atomic E-state index is -4.60. The Kier molecular flexibility index (Phi) is 4.26. The van der Waals surface area contributed by atoms with Gasteiger partial charge in [0.25, 0.3) is 0 Å². The summed E-state index contributed by atoms with van der Waals surface area (Å²) < 4.78 is 37.9. The second-order valence-electron chi connectivity index (χ2n) is 3.96. The van der Waals surface area contributed by atoms with E-state index in [1.165, 1.54) is 18.2 Å². The molecule has 21 heavy (non-hydrogen) atoms. The fraction of sp³-hybridized carbons (Fsp3) is 0.0769. The Labute approximate surface area is 127 Å². The van der Waals surface area contributed by atoms with Crippen LogP contribution in [0, 0.1) is 11.3 Å². The van der Waals surface area contributed by atoms with Gasteiger partial charge >= 0.3 is 6.18 Å². The third-order valence-electron chi connectivity index (χ3n) is 2.49. The Balaban J connectivity index is 2.42. The van der Waals surface area contributed by atoms with Crippen molar-refractivity contribution in [3.8, 4) is 6.07 Å². The molecule has 0 aliphatic heterocycles. The van der Waals surface area contributed by atoms with Crippen LogP contribution in [0.4, 0.5) is 24.7 Å². The van der Waals surface area contributed by atoms with Crippen molar-refractivity contribution in [2.45, 2.75) is 6.18 Å². The molecule has 0 radical (unpaired) electrons. The molecular formula is C13H6Cl2F3N3. The maximum absolute atomic E-state index is 12.6. The number of aromatic nitrogens is 1. The molecule has 0 atom stereocenters. The summed E-state index contributed by atoms with van der Waals surface area (Å²) in [5.41, 5.74) is -0.745. The molecule has 1 aromatic heterocycles. The number of hydrogen-bond donors (Lipinski definition) is 1. The van der Waals surface area contributed by atoms with Crippen LogP contribution in [0.5, 0.6) is 0 Å². The van der Waals surface area contributed by atoms with E-state index in [1.807, 2.05) is 0 Å². The number of halogens is 5. The molecule has 2 rings (SSSR count). The Morgan fingerprint density at radius 3 is 2.38 bits per heavy atom. The zero-order valence-electron chi connectivity index (χ0n) is 10.2. The molecule has 2 aromatic rings. The highest BCUT2D eigenvalue weighted by Gasteiger charge is 2.33. The van der Waals surface area contributed by atoms with Crippen molar-refractivity contribution in [3.05, 3.63) is 51.6 Å². The summed E-state index contributed by atoms with van der Waals surface area (Å²) in [5.74, 6) is -0.203. The highest BCUT2D eigenvalue weighted by molar-refractivity contribution is 6.42. The summed E-state index contributed by atoms with van der Waals surface area (Å²) in [6.07, 6.45) is -4.60. The quantitative estimate of drug-likeness (QED) is 0.840. The van der Waals surface area contributed by atoms with Crippen LogP contribution < -0.4 is 5.32 Å². The molecule has 108 valence electrons. The summed E-state index contributed by atoms with van der Waals surface area (Å²) in [4.78, 5) is 3.43. The number of benzene rings is 1. The second-order valence-corrected chi connectivity index (χ2v) is 4.77. The molecule has 1 aromatic carbocycles. The highest BCUT2D eigenvalue weighted by Crippen LogP contribution is 2.31. The number of hydrogen-bond acceptors (Lipinski definition) is 3. The first-order valence-corrected chi connectivity index (χ1v) is 6.27. The minimum Gasteiger partial charge on any atom is -0.339 e. The molecule has 0 amide bonds. The van der Waals surface area contributed by atoms with Gasteiger partial charge in [-0.1, -0.05) is 23.2 Å². The Morgan fingerprint density at radius 1 is 1.10 bits per heavy atom. The number of alkyl halides is 3. The van der Waals surface area contributed by atoms with Gasteiger partial charge < -0.3 is 5.32 Å². The molecule has 1 heterocycles. The molecule has 8 heteroatoms. The Bertz CT molecular complexity index is 724. The van der Waals surface area contributed by atoms with E-state index in [2.05, 4.69) is 10.3 Å². The maximum atomic E-state index is 12.6. The molecular weight excluding hydrogens is 326 g/mol. The predicted molar refractivity (Wildman–Crippen MR) is 73.7 cm³/mol. The van der Waals surface area contributed by atoms with Crippen molar-refractivity contribution in [1.29, 1.82) is 5.26 Å². The van der Waals surface area contributed by atoms with Gasteiger partial charge in [0.05, 0.1) is 15.6 Å². The molecule has 0 aliphatic rings. The maximum Gasteiger partial charge on any atom is 0.433 e. The molecule has 1 N–H and O–H groups in total. The zero-order chi connectivity index (χ0) is 15.6. The van der Waals surface area contributed by atoms with Crippen LogP contribution in [-0.2, 0) is 6.18 Å². The lowest BCUT2D eigenvalue weighted by Gasteiger charge is -2.11. The number of nitrogens with zero attached hydrogens (tertiary/aromatic N) is 2. The SMILES string of the molecule is N#Cc1ccc(C(F)(F)F)nc1Nc1ccc(Cl)c(Cl)c1. The van der Waals surface area contributed by atoms with E-state index in [4.69, 9.17) is 28.5 Å². The first kappa shape index (κ1) is 15.4. The number of nitriles is 1. The zero-order valence-corrected chi connectivity index (χ0v) is 11.7. The van der Waals surface area contributed by atoms with Crippen LogP contribution in [0.2, 0.25) is 10.0 Å². The topological polar surface area (TPSA) is 48.7 Å². The third-order valence-corrected chi connectivity index (χ3v) is 3.23. The molecule has 0 spiro atoms. The highest BCUT2D eigenvalue weighted by atomic mass is 35.5. The molecule has 0 saturated carbocycles. The van der Waals surface area contributed by atoms with Gasteiger partial charge in [0, 0.05) is 5.69 Å². The average Bonchev–Trinajstić information content (AvgIpc) is 2.42. The summed E-state index contributed by atoms with van der Waals surface area (Å²) in [5, 5.41) is 12.1. The molecule has 0 unspecified atom stereocenters. The number of anilines is 2. The van der Waals surface area contributed by atoms with Gasteiger partial charge in [-0.15, -0.1) is 0 Å². The first-order chi connectivity index (χ1) is 9.81. The van der Waals surface area contributed by atoms with E-state index in [0.29, 0.717) is 10.7 Å². The molecule has 0 fully saturated rings. The van der Waals surface area contributed by atoms with Crippen LogP contribution in [-0.4, -0.2) is 4.98 Å². The summed E-state index contributed by atoms with van der Waals surface area (Å²) in [6.45, 7) is 0. The van der Waals surface area contributed by atoms with Crippen molar-refractivity contribution in [2.75, 3.05) is 5.32 Å². The van der Waals surface area contributed by atoms with Crippen LogP contribution >= 0.6 is 23.2 Å². The lowest BCUT2D eigenvalue weighted by molar-refractivity contribution is -0.141. The lowest BCUT2D eigenvalue weighted by Crippen LogP contribution is -2.10. The lowest BCUT2D eigenvalue weighted by atomic mass is 10.2. The largest absolute Gasteiger partial charge is 0.433 e. The van der Waals surface area contributed by atoms with Crippen molar-refractivity contribution in [1.82, 2.24) is 4.98 Å². The summed E-state index contributed by atoms with van der Waals surface area (Å²) in [6, 6.07) is 7.98. The normalized spacial score (nSPS) is 11.0. The smallest absolute Gasteiger partial charge is 0.339 e. The van der Waals surface area contributed by atoms with Crippen LogP contribution in [0.3, 0.4) is 0 Å². The Morgan fingerprint density at radius 2 is 1.81 bits per heavy atom. The van der Waals surface area contributed by atoms with Crippen LogP contribution in [0.1, 0.15) is 11.3 Å². The van der Waals surface area contributed by atoms with Crippen molar-refractivity contribution in [3.63, 3.8) is 0 Å². The molecule has 0 saturated heterocycles. The minimum absolute atomic E-state index is 0.0194. The van der Waals surface area contributed by atoms with Crippen molar-refractivity contribution in [2.24, 2.45) is 0 Å². The van der Waals surface area contributed by atoms with Gasteiger partial charge in [-0.05, 0) is 30.3 Å². The van der Waals surface area contributed by atoms with Gasteiger partial charge in [0.15, 0.2) is 0 Å². The van der Waals surface area contributed by atoms with E-state index >= 15 is 0 Å². The second kappa shape index (κ2) is 5.80.